The average molecular weight is 709 g/mol. The van der Waals surface area contributed by atoms with Gasteiger partial charge in [0, 0.05) is 30.6 Å². The summed E-state index contributed by atoms with van der Waals surface area (Å²) in [6.07, 6.45) is 9.36. The van der Waals surface area contributed by atoms with Crippen molar-refractivity contribution < 1.29 is 13.7 Å². The fourth-order valence-electron chi connectivity index (χ4n) is 6.01. The van der Waals surface area contributed by atoms with Crippen LogP contribution in [-0.2, 0) is 10.8 Å². The molecule has 2 unspecified atom stereocenters. The Morgan fingerprint density at radius 2 is 1.09 bits per heavy atom. The van der Waals surface area contributed by atoms with Gasteiger partial charge in [-0.2, -0.15) is 0 Å². The predicted octanol–water partition coefficient (Wildman–Crippen LogP) is 13.3. The first-order chi connectivity index (χ1) is 22.5. The standard InChI is InChI=1S/C38H44O3S5/c1-5-9-13-25(7-3)23-40-31-19-27-28(20-32(31)41-24-26(8-4)14-10-6-2)30-22-36(34-16-12-18-43-34)45-38(30)46(39)37-29(27)21-35(44-37)33-15-11-17-42-33/h11-12,15-22,25-26H,5-10,13-14,23-24H2,1-4H3. The molecule has 0 radical (unpaired) electrons. The lowest BCUT2D eigenvalue weighted by molar-refractivity contribution is 0.199. The second-order valence-corrected chi connectivity index (χ2v) is 18.0. The predicted molar refractivity (Wildman–Crippen MR) is 202 cm³/mol. The highest BCUT2D eigenvalue weighted by molar-refractivity contribution is 7.90. The van der Waals surface area contributed by atoms with Crippen LogP contribution in [0.1, 0.15) is 79.1 Å². The zero-order valence-corrected chi connectivity index (χ0v) is 31.3. The van der Waals surface area contributed by atoms with Gasteiger partial charge in [0.25, 0.3) is 0 Å². The molecule has 46 heavy (non-hydrogen) atoms. The molecule has 0 aliphatic carbocycles. The first-order valence-electron chi connectivity index (χ1n) is 16.8. The summed E-state index contributed by atoms with van der Waals surface area (Å²) in [5.74, 6) is 2.62. The quantitative estimate of drug-likeness (QED) is 0.100. The maximum absolute atomic E-state index is 14.5. The molecular formula is C38H44O3S5. The number of ether oxygens (including phenoxy) is 2. The van der Waals surface area contributed by atoms with E-state index in [0.717, 1.165) is 64.8 Å². The van der Waals surface area contributed by atoms with Gasteiger partial charge in [-0.15, -0.1) is 45.3 Å². The van der Waals surface area contributed by atoms with E-state index in [1.165, 1.54) is 48.3 Å². The summed E-state index contributed by atoms with van der Waals surface area (Å²) in [4.78, 5) is 4.73. The highest BCUT2D eigenvalue weighted by Crippen LogP contribution is 2.54. The van der Waals surface area contributed by atoms with E-state index in [9.17, 15) is 4.21 Å². The summed E-state index contributed by atoms with van der Waals surface area (Å²) in [6.45, 7) is 10.4. The van der Waals surface area contributed by atoms with Gasteiger partial charge in [-0.05, 0) is 83.0 Å². The fraction of sp³-hybridized carbons (Fsp3) is 0.421. The molecule has 0 N–H and O–H groups in total. The minimum atomic E-state index is -1.30. The molecule has 5 heterocycles. The molecule has 0 bridgehead atoms. The first-order valence-corrected chi connectivity index (χ1v) is 21.3. The zero-order chi connectivity index (χ0) is 32.0. The van der Waals surface area contributed by atoms with Crippen LogP contribution in [0.4, 0.5) is 0 Å². The van der Waals surface area contributed by atoms with Crippen molar-refractivity contribution in [3.05, 3.63) is 59.3 Å². The normalized spacial score (nSPS) is 15.1. The second kappa shape index (κ2) is 15.8. The summed E-state index contributed by atoms with van der Waals surface area (Å²) >= 11 is 6.78. The van der Waals surface area contributed by atoms with E-state index in [-0.39, 0.29) is 0 Å². The van der Waals surface area contributed by atoms with Crippen molar-refractivity contribution >= 4 is 56.1 Å². The van der Waals surface area contributed by atoms with E-state index in [1.54, 1.807) is 45.3 Å². The SMILES string of the molecule is CCCCC(CC)COc1cc2c(cc1OCC(CC)CCCC)-c1cc(-c3cccs3)sc1S(=O)c1sc(-c3cccs3)cc1-2. The lowest BCUT2D eigenvalue weighted by Crippen LogP contribution is -2.14. The van der Waals surface area contributed by atoms with Gasteiger partial charge in [-0.25, -0.2) is 4.21 Å². The summed E-state index contributed by atoms with van der Waals surface area (Å²) in [5.41, 5.74) is 4.26. The van der Waals surface area contributed by atoms with Gasteiger partial charge in [0.1, 0.15) is 19.2 Å². The van der Waals surface area contributed by atoms with E-state index < -0.39 is 10.8 Å². The fourth-order valence-corrected chi connectivity index (χ4v) is 12.2. The first kappa shape index (κ1) is 33.7. The summed E-state index contributed by atoms with van der Waals surface area (Å²) in [7, 11) is -1.30. The maximum Gasteiger partial charge on any atom is 0.161 e. The molecule has 4 aromatic heterocycles. The second-order valence-electron chi connectivity index (χ2n) is 12.1. The van der Waals surface area contributed by atoms with Gasteiger partial charge in [0.05, 0.1) is 13.2 Å². The van der Waals surface area contributed by atoms with Gasteiger partial charge in [-0.3, -0.25) is 0 Å². The van der Waals surface area contributed by atoms with E-state index in [1.807, 2.05) is 0 Å². The minimum absolute atomic E-state index is 0.506. The molecule has 1 aliphatic heterocycles. The zero-order valence-electron chi connectivity index (χ0n) is 27.3. The van der Waals surface area contributed by atoms with Gasteiger partial charge < -0.3 is 9.47 Å². The van der Waals surface area contributed by atoms with Crippen LogP contribution in [0.25, 0.3) is 41.8 Å². The van der Waals surface area contributed by atoms with Crippen LogP contribution in [0.5, 0.6) is 11.5 Å². The number of hydrogen-bond donors (Lipinski definition) is 0. The Morgan fingerprint density at radius 3 is 1.46 bits per heavy atom. The van der Waals surface area contributed by atoms with Gasteiger partial charge in [0.15, 0.2) is 11.5 Å². The average Bonchev–Trinajstić information content (AvgIpc) is 3.90. The smallest absolute Gasteiger partial charge is 0.161 e. The summed E-state index contributed by atoms with van der Waals surface area (Å²) in [6, 6.07) is 17.4. The number of benzene rings is 1. The van der Waals surface area contributed by atoms with Crippen molar-refractivity contribution in [2.24, 2.45) is 11.8 Å². The Bertz CT molecular complexity index is 1600. The van der Waals surface area contributed by atoms with Crippen molar-refractivity contribution in [3.8, 4) is 53.3 Å². The number of fused-ring (bicyclic) bond motifs is 5. The van der Waals surface area contributed by atoms with E-state index >= 15 is 0 Å². The van der Waals surface area contributed by atoms with Crippen molar-refractivity contribution in [2.45, 2.75) is 87.5 Å². The molecule has 0 spiro atoms. The number of rotatable bonds is 16. The Labute approximate surface area is 293 Å². The van der Waals surface area contributed by atoms with Crippen molar-refractivity contribution in [1.29, 1.82) is 0 Å². The number of hydrogen-bond acceptors (Lipinski definition) is 7. The van der Waals surface area contributed by atoms with Crippen LogP contribution in [0, 0.1) is 11.8 Å². The third kappa shape index (κ3) is 7.26. The third-order valence-corrected chi connectivity index (χ3v) is 15.5. The van der Waals surface area contributed by atoms with Crippen LogP contribution >= 0.6 is 45.3 Å². The Balaban J connectivity index is 1.49. The van der Waals surface area contributed by atoms with Crippen LogP contribution in [0.2, 0.25) is 0 Å². The molecule has 0 amide bonds. The highest BCUT2D eigenvalue weighted by Gasteiger charge is 2.32. The minimum Gasteiger partial charge on any atom is -0.489 e. The molecule has 0 fully saturated rings. The highest BCUT2D eigenvalue weighted by atomic mass is 32.2. The topological polar surface area (TPSA) is 35.5 Å². The van der Waals surface area contributed by atoms with Gasteiger partial charge >= 0.3 is 0 Å². The molecular weight excluding hydrogens is 665 g/mol. The van der Waals surface area contributed by atoms with E-state index in [0.29, 0.717) is 25.0 Å². The van der Waals surface area contributed by atoms with E-state index in [2.05, 4.69) is 87.0 Å². The van der Waals surface area contributed by atoms with Gasteiger partial charge in [-0.1, -0.05) is 78.4 Å². The van der Waals surface area contributed by atoms with Crippen LogP contribution in [-0.4, -0.2) is 17.4 Å². The van der Waals surface area contributed by atoms with Gasteiger partial charge in [0.2, 0.25) is 0 Å². The maximum atomic E-state index is 14.5. The molecule has 6 rings (SSSR count). The van der Waals surface area contributed by atoms with Crippen LogP contribution in [0.15, 0.2) is 67.7 Å². The number of thiophene rings is 4. The Morgan fingerprint density at radius 1 is 0.630 bits per heavy atom. The van der Waals surface area contributed by atoms with E-state index in [4.69, 9.17) is 9.47 Å². The molecule has 5 aromatic rings. The van der Waals surface area contributed by atoms with Crippen molar-refractivity contribution in [2.75, 3.05) is 13.2 Å². The molecule has 1 aliphatic rings. The summed E-state index contributed by atoms with van der Waals surface area (Å²) in [5, 5.41) is 4.22. The molecule has 3 nitrogen and oxygen atoms in total. The monoisotopic (exact) mass is 708 g/mol. The number of unbranched alkanes of at least 4 members (excludes halogenated alkanes) is 2. The molecule has 0 saturated carbocycles. The lowest BCUT2D eigenvalue weighted by atomic mass is 9.96. The molecule has 8 heteroatoms. The molecule has 244 valence electrons. The lowest BCUT2D eigenvalue weighted by Gasteiger charge is -2.22. The van der Waals surface area contributed by atoms with Crippen molar-refractivity contribution in [1.82, 2.24) is 0 Å². The largest absolute Gasteiger partial charge is 0.489 e. The molecule has 2 atom stereocenters. The van der Waals surface area contributed by atoms with Crippen molar-refractivity contribution in [3.63, 3.8) is 0 Å². The summed E-state index contributed by atoms with van der Waals surface area (Å²) < 4.78 is 29.8. The molecule has 0 saturated heterocycles. The third-order valence-electron chi connectivity index (χ3n) is 8.96. The molecule has 1 aromatic carbocycles. The van der Waals surface area contributed by atoms with Crippen LogP contribution < -0.4 is 9.47 Å². The Hall–Kier alpha value is -2.23. The van der Waals surface area contributed by atoms with Crippen LogP contribution in [0.3, 0.4) is 0 Å². The Kier molecular flexibility index (Phi) is 11.5.